The molecule has 0 bridgehead atoms. The van der Waals surface area contributed by atoms with Crippen LogP contribution >= 0.6 is 0 Å². The highest BCUT2D eigenvalue weighted by Gasteiger charge is 2.13. The van der Waals surface area contributed by atoms with Crippen LogP contribution in [0.15, 0.2) is 67.0 Å². The lowest BCUT2D eigenvalue weighted by molar-refractivity contribution is -0.118. The Labute approximate surface area is 180 Å². The van der Waals surface area contributed by atoms with Gasteiger partial charge in [-0.05, 0) is 48.9 Å². The van der Waals surface area contributed by atoms with Gasteiger partial charge in [-0.1, -0.05) is 12.1 Å². The molecule has 4 aromatic rings. The minimum absolute atomic E-state index is 0.145. The van der Waals surface area contributed by atoms with Gasteiger partial charge in [-0.2, -0.15) is 0 Å². The van der Waals surface area contributed by atoms with Crippen LogP contribution in [-0.4, -0.2) is 36.1 Å². The first kappa shape index (κ1) is 20.3. The molecule has 0 aliphatic rings. The molecule has 0 atom stereocenters. The van der Waals surface area contributed by atoms with Crippen molar-refractivity contribution in [2.24, 2.45) is 0 Å². The Bertz CT molecular complexity index is 1230. The molecule has 7 heteroatoms. The smallest absolute Gasteiger partial charge is 0.262 e. The number of methoxy groups -OCH3 is 2. The van der Waals surface area contributed by atoms with Gasteiger partial charge in [0.15, 0.2) is 6.61 Å². The first-order valence-electron chi connectivity index (χ1n) is 9.77. The van der Waals surface area contributed by atoms with Gasteiger partial charge < -0.3 is 23.9 Å². The highest BCUT2D eigenvalue weighted by atomic mass is 16.5. The fourth-order valence-corrected chi connectivity index (χ4v) is 3.28. The summed E-state index contributed by atoms with van der Waals surface area (Å²) in [6, 6.07) is 16.7. The zero-order valence-electron chi connectivity index (χ0n) is 17.6. The molecule has 2 aromatic heterocycles. The maximum atomic E-state index is 12.5. The number of carbonyl (C=O) groups excluding carboxylic acids is 1. The van der Waals surface area contributed by atoms with Crippen molar-refractivity contribution in [2.75, 3.05) is 26.1 Å². The molecule has 4 rings (SSSR count). The van der Waals surface area contributed by atoms with Gasteiger partial charge in [-0.25, -0.2) is 4.98 Å². The van der Waals surface area contributed by atoms with Crippen molar-refractivity contribution >= 4 is 17.2 Å². The number of aromatic nitrogens is 2. The second-order valence-electron chi connectivity index (χ2n) is 6.98. The van der Waals surface area contributed by atoms with Gasteiger partial charge in [0.1, 0.15) is 22.9 Å². The number of hydrogen-bond donors (Lipinski definition) is 1. The summed E-state index contributed by atoms with van der Waals surface area (Å²) in [5.41, 5.74) is 4.21. The van der Waals surface area contributed by atoms with E-state index in [0.717, 1.165) is 22.5 Å². The minimum atomic E-state index is -0.302. The Balaban J connectivity index is 1.53. The Morgan fingerprint density at radius 2 is 1.87 bits per heavy atom. The lowest BCUT2D eigenvalue weighted by atomic mass is 10.1. The van der Waals surface area contributed by atoms with Gasteiger partial charge in [0.2, 0.25) is 0 Å². The third kappa shape index (κ3) is 4.45. The van der Waals surface area contributed by atoms with Crippen LogP contribution in [0.2, 0.25) is 0 Å². The number of ether oxygens (including phenoxy) is 3. The number of nitrogens with one attached hydrogen (secondary N) is 1. The zero-order valence-corrected chi connectivity index (χ0v) is 17.6. The van der Waals surface area contributed by atoms with E-state index in [9.17, 15) is 4.79 Å². The Morgan fingerprint density at radius 3 is 2.65 bits per heavy atom. The first-order valence-corrected chi connectivity index (χ1v) is 9.77. The number of carbonyl (C=O) groups is 1. The molecule has 0 radical (unpaired) electrons. The molecule has 31 heavy (non-hydrogen) atoms. The average molecular weight is 417 g/mol. The molecular weight excluding hydrogens is 394 g/mol. The third-order valence-electron chi connectivity index (χ3n) is 4.86. The van der Waals surface area contributed by atoms with Crippen LogP contribution in [0, 0.1) is 6.92 Å². The Morgan fingerprint density at radius 1 is 1.03 bits per heavy atom. The number of anilines is 1. The van der Waals surface area contributed by atoms with Crippen molar-refractivity contribution in [1.29, 1.82) is 0 Å². The number of rotatable bonds is 7. The summed E-state index contributed by atoms with van der Waals surface area (Å²) in [5, 5.41) is 2.86. The normalized spacial score (nSPS) is 10.7. The number of aryl methyl sites for hydroxylation is 1. The standard InChI is InChI=1S/C24H23N3O4/c1-16-6-5-11-27-14-21(26-24(16)27)17-9-10-22(30-3)20(12-17)25-23(28)15-31-19-8-4-7-18(13-19)29-2/h4-14H,15H2,1-3H3,(H,25,28). The summed E-state index contributed by atoms with van der Waals surface area (Å²) in [4.78, 5) is 17.2. The summed E-state index contributed by atoms with van der Waals surface area (Å²) in [5.74, 6) is 1.47. The van der Waals surface area contributed by atoms with Gasteiger partial charge in [0.25, 0.3) is 5.91 Å². The second-order valence-corrected chi connectivity index (χ2v) is 6.98. The lowest BCUT2D eigenvalue weighted by Crippen LogP contribution is -2.20. The molecule has 0 unspecified atom stereocenters. The second kappa shape index (κ2) is 8.79. The monoisotopic (exact) mass is 417 g/mol. The highest BCUT2D eigenvalue weighted by Crippen LogP contribution is 2.31. The molecular formula is C24H23N3O4. The number of fused-ring (bicyclic) bond motifs is 1. The molecule has 2 heterocycles. The predicted octanol–water partition coefficient (Wildman–Crippen LogP) is 4.34. The van der Waals surface area contributed by atoms with E-state index in [-0.39, 0.29) is 12.5 Å². The molecule has 2 aromatic carbocycles. The van der Waals surface area contributed by atoms with Crippen molar-refractivity contribution < 1.29 is 19.0 Å². The van der Waals surface area contributed by atoms with Crippen LogP contribution in [-0.2, 0) is 4.79 Å². The van der Waals surface area contributed by atoms with Crippen LogP contribution in [0.1, 0.15) is 5.56 Å². The molecule has 158 valence electrons. The van der Waals surface area contributed by atoms with Crippen molar-refractivity contribution in [3.63, 3.8) is 0 Å². The van der Waals surface area contributed by atoms with Gasteiger partial charge in [0, 0.05) is 24.0 Å². The molecule has 0 fully saturated rings. The van der Waals surface area contributed by atoms with Crippen LogP contribution < -0.4 is 19.5 Å². The fraction of sp³-hybridized carbons (Fsp3) is 0.167. The van der Waals surface area contributed by atoms with Gasteiger partial charge >= 0.3 is 0 Å². The minimum Gasteiger partial charge on any atom is -0.497 e. The van der Waals surface area contributed by atoms with Crippen LogP contribution in [0.4, 0.5) is 5.69 Å². The molecule has 0 saturated heterocycles. The average Bonchev–Trinajstić information content (AvgIpc) is 3.24. The van der Waals surface area contributed by atoms with Crippen molar-refractivity contribution in [3.8, 4) is 28.5 Å². The van der Waals surface area contributed by atoms with Crippen LogP contribution in [0.3, 0.4) is 0 Å². The molecule has 0 spiro atoms. The molecule has 1 N–H and O–H groups in total. The summed E-state index contributed by atoms with van der Waals surface area (Å²) in [6.07, 6.45) is 3.92. The number of amides is 1. The van der Waals surface area contributed by atoms with Crippen LogP contribution in [0.25, 0.3) is 16.9 Å². The molecule has 0 aliphatic heterocycles. The highest BCUT2D eigenvalue weighted by molar-refractivity contribution is 5.94. The van der Waals surface area contributed by atoms with E-state index in [4.69, 9.17) is 19.2 Å². The topological polar surface area (TPSA) is 74.1 Å². The van der Waals surface area contributed by atoms with Gasteiger partial charge in [-0.15, -0.1) is 0 Å². The first-order chi connectivity index (χ1) is 15.1. The maximum absolute atomic E-state index is 12.5. The quantitative estimate of drug-likeness (QED) is 0.484. The van der Waals surface area contributed by atoms with E-state index in [0.29, 0.717) is 22.9 Å². The van der Waals surface area contributed by atoms with Crippen LogP contribution in [0.5, 0.6) is 17.2 Å². The molecule has 1 amide bonds. The predicted molar refractivity (Wildman–Crippen MR) is 119 cm³/mol. The number of pyridine rings is 1. The SMILES string of the molecule is COc1cccc(OCC(=O)Nc2cc(-c3cn4cccc(C)c4n3)ccc2OC)c1. The Hall–Kier alpha value is -4.00. The van der Waals surface area contributed by atoms with Crippen molar-refractivity contribution in [1.82, 2.24) is 9.38 Å². The van der Waals surface area contributed by atoms with Crippen molar-refractivity contribution in [2.45, 2.75) is 6.92 Å². The summed E-state index contributed by atoms with van der Waals surface area (Å²) >= 11 is 0. The maximum Gasteiger partial charge on any atom is 0.262 e. The number of hydrogen-bond acceptors (Lipinski definition) is 5. The van der Waals surface area contributed by atoms with Crippen molar-refractivity contribution in [3.05, 3.63) is 72.6 Å². The van der Waals surface area contributed by atoms with E-state index in [1.807, 2.05) is 60.1 Å². The lowest BCUT2D eigenvalue weighted by Gasteiger charge is -2.12. The largest absolute Gasteiger partial charge is 0.497 e. The Kier molecular flexibility index (Phi) is 5.75. The number of nitrogens with zero attached hydrogens (tertiary/aromatic N) is 2. The summed E-state index contributed by atoms with van der Waals surface area (Å²) in [7, 11) is 3.14. The molecule has 0 saturated carbocycles. The number of benzene rings is 2. The van der Waals surface area contributed by atoms with E-state index in [1.165, 1.54) is 0 Å². The summed E-state index contributed by atoms with van der Waals surface area (Å²) < 4.78 is 18.1. The molecule has 0 aliphatic carbocycles. The van der Waals surface area contributed by atoms with E-state index in [1.54, 1.807) is 32.4 Å². The van der Waals surface area contributed by atoms with Gasteiger partial charge in [-0.3, -0.25) is 4.79 Å². The van der Waals surface area contributed by atoms with E-state index < -0.39 is 0 Å². The van der Waals surface area contributed by atoms with Gasteiger partial charge in [0.05, 0.1) is 25.6 Å². The number of imidazole rings is 1. The summed E-state index contributed by atoms with van der Waals surface area (Å²) in [6.45, 7) is 1.88. The van der Waals surface area contributed by atoms with E-state index in [2.05, 4.69) is 5.32 Å². The third-order valence-corrected chi connectivity index (χ3v) is 4.86. The fourth-order valence-electron chi connectivity index (χ4n) is 3.28. The molecule has 7 nitrogen and oxygen atoms in total. The van der Waals surface area contributed by atoms with E-state index >= 15 is 0 Å². The zero-order chi connectivity index (χ0) is 21.8.